The van der Waals surface area contributed by atoms with Crippen molar-refractivity contribution in [3.8, 4) is 0 Å². The van der Waals surface area contributed by atoms with Gasteiger partial charge in [-0.1, -0.05) is 11.2 Å². The van der Waals surface area contributed by atoms with Crippen molar-refractivity contribution in [1.29, 1.82) is 0 Å². The van der Waals surface area contributed by atoms with E-state index in [9.17, 15) is 4.39 Å². The summed E-state index contributed by atoms with van der Waals surface area (Å²) in [5, 5.41) is 7.53. The van der Waals surface area contributed by atoms with E-state index in [2.05, 4.69) is 10.2 Å². The van der Waals surface area contributed by atoms with Gasteiger partial charge >= 0.3 is 6.01 Å². The zero-order valence-corrected chi connectivity index (χ0v) is 8.72. The minimum absolute atomic E-state index is 0.185. The van der Waals surface area contributed by atoms with E-state index in [1.54, 1.807) is 24.1 Å². The molecule has 0 saturated carbocycles. The molecule has 16 heavy (non-hydrogen) atoms. The molecule has 2 rings (SSSR count). The number of nitrogens with zero attached hydrogens (tertiary/aromatic N) is 3. The van der Waals surface area contributed by atoms with Crippen molar-refractivity contribution in [1.82, 2.24) is 10.2 Å². The van der Waals surface area contributed by atoms with Crippen LogP contribution in [0.3, 0.4) is 0 Å². The van der Waals surface area contributed by atoms with Crippen molar-refractivity contribution in [3.63, 3.8) is 0 Å². The SMILES string of the molecule is CN(c1cccc(F)c1)c1nnc(CN)o1. The minimum Gasteiger partial charge on any atom is -0.406 e. The van der Waals surface area contributed by atoms with Crippen LogP contribution in [0.25, 0.3) is 0 Å². The molecular weight excluding hydrogens is 211 g/mol. The number of halogens is 1. The van der Waals surface area contributed by atoms with Crippen molar-refractivity contribution >= 4 is 11.7 Å². The van der Waals surface area contributed by atoms with E-state index < -0.39 is 0 Å². The highest BCUT2D eigenvalue weighted by molar-refractivity contribution is 5.54. The molecule has 0 atom stereocenters. The highest BCUT2D eigenvalue weighted by Gasteiger charge is 2.11. The smallest absolute Gasteiger partial charge is 0.322 e. The van der Waals surface area contributed by atoms with Gasteiger partial charge in [0.05, 0.1) is 6.54 Å². The molecule has 0 radical (unpaired) electrons. The first-order valence-corrected chi connectivity index (χ1v) is 4.72. The Bertz CT molecular complexity index is 485. The van der Waals surface area contributed by atoms with Gasteiger partial charge in [0.15, 0.2) is 0 Å². The summed E-state index contributed by atoms with van der Waals surface area (Å²) in [6.07, 6.45) is 0. The van der Waals surface area contributed by atoms with Gasteiger partial charge in [-0.05, 0) is 18.2 Å². The average Bonchev–Trinajstić information content (AvgIpc) is 2.76. The minimum atomic E-state index is -0.317. The summed E-state index contributed by atoms with van der Waals surface area (Å²) in [7, 11) is 1.71. The topological polar surface area (TPSA) is 68.2 Å². The summed E-state index contributed by atoms with van der Waals surface area (Å²) in [6.45, 7) is 0.185. The van der Waals surface area contributed by atoms with Crippen LogP contribution in [0.15, 0.2) is 28.7 Å². The van der Waals surface area contributed by atoms with Crippen LogP contribution in [-0.4, -0.2) is 17.2 Å². The van der Waals surface area contributed by atoms with Crippen LogP contribution in [0.2, 0.25) is 0 Å². The average molecular weight is 222 g/mol. The lowest BCUT2D eigenvalue weighted by Gasteiger charge is -2.13. The molecular formula is C10H11FN4O. The van der Waals surface area contributed by atoms with Crippen LogP contribution in [0.5, 0.6) is 0 Å². The van der Waals surface area contributed by atoms with E-state index in [4.69, 9.17) is 10.2 Å². The Morgan fingerprint density at radius 3 is 2.88 bits per heavy atom. The molecule has 5 nitrogen and oxygen atoms in total. The highest BCUT2D eigenvalue weighted by Crippen LogP contribution is 2.22. The van der Waals surface area contributed by atoms with E-state index in [0.717, 1.165) is 0 Å². The van der Waals surface area contributed by atoms with Gasteiger partial charge in [0.2, 0.25) is 5.89 Å². The van der Waals surface area contributed by atoms with Gasteiger partial charge in [0.25, 0.3) is 0 Å². The summed E-state index contributed by atoms with van der Waals surface area (Å²) >= 11 is 0. The molecule has 0 spiro atoms. The van der Waals surface area contributed by atoms with E-state index in [-0.39, 0.29) is 18.4 Å². The third-order valence-electron chi connectivity index (χ3n) is 2.11. The number of hydrogen-bond donors (Lipinski definition) is 1. The first-order chi connectivity index (χ1) is 7.70. The normalized spacial score (nSPS) is 10.4. The lowest BCUT2D eigenvalue weighted by Crippen LogP contribution is -2.09. The van der Waals surface area contributed by atoms with Crippen molar-refractivity contribution < 1.29 is 8.81 Å². The molecule has 2 aromatic rings. The molecule has 84 valence electrons. The van der Waals surface area contributed by atoms with Crippen LogP contribution in [0, 0.1) is 5.82 Å². The lowest BCUT2D eigenvalue weighted by molar-refractivity contribution is 0.500. The lowest BCUT2D eigenvalue weighted by atomic mass is 10.3. The van der Waals surface area contributed by atoms with Crippen LogP contribution in [-0.2, 0) is 6.54 Å². The third kappa shape index (κ3) is 2.01. The molecule has 0 unspecified atom stereocenters. The molecule has 0 fully saturated rings. The van der Waals surface area contributed by atoms with Gasteiger partial charge in [0.1, 0.15) is 5.82 Å². The van der Waals surface area contributed by atoms with Gasteiger partial charge in [-0.25, -0.2) is 4.39 Å². The molecule has 2 N–H and O–H groups in total. The maximum Gasteiger partial charge on any atom is 0.322 e. The summed E-state index contributed by atoms with van der Waals surface area (Å²) in [6, 6.07) is 6.39. The van der Waals surface area contributed by atoms with Gasteiger partial charge < -0.3 is 10.2 Å². The zero-order valence-electron chi connectivity index (χ0n) is 8.72. The maximum atomic E-state index is 13.0. The molecule has 1 aromatic heterocycles. The molecule has 0 amide bonds. The number of benzene rings is 1. The van der Waals surface area contributed by atoms with E-state index in [1.807, 2.05) is 0 Å². The Balaban J connectivity index is 2.27. The number of rotatable bonds is 3. The van der Waals surface area contributed by atoms with Crippen LogP contribution < -0.4 is 10.6 Å². The van der Waals surface area contributed by atoms with Crippen LogP contribution in [0.1, 0.15) is 5.89 Å². The Hall–Kier alpha value is -1.95. The Morgan fingerprint density at radius 1 is 1.44 bits per heavy atom. The van der Waals surface area contributed by atoms with E-state index in [0.29, 0.717) is 11.6 Å². The molecule has 1 aromatic carbocycles. The van der Waals surface area contributed by atoms with Crippen LogP contribution >= 0.6 is 0 Å². The Kier molecular flexibility index (Phi) is 2.82. The fraction of sp³-hybridized carbons (Fsp3) is 0.200. The van der Waals surface area contributed by atoms with Gasteiger partial charge in [-0.15, -0.1) is 5.10 Å². The maximum absolute atomic E-state index is 13.0. The molecule has 0 aliphatic heterocycles. The Labute approximate surface area is 91.7 Å². The fourth-order valence-corrected chi connectivity index (χ4v) is 1.26. The second-order valence-electron chi connectivity index (χ2n) is 3.22. The number of aromatic nitrogens is 2. The Morgan fingerprint density at radius 2 is 2.25 bits per heavy atom. The van der Waals surface area contributed by atoms with Gasteiger partial charge in [-0.2, -0.15) is 0 Å². The van der Waals surface area contributed by atoms with Crippen molar-refractivity contribution in [2.75, 3.05) is 11.9 Å². The van der Waals surface area contributed by atoms with Crippen molar-refractivity contribution in [2.45, 2.75) is 6.54 Å². The summed E-state index contributed by atoms with van der Waals surface area (Å²) in [5.74, 6) is 0.0289. The molecule has 0 aliphatic rings. The third-order valence-corrected chi connectivity index (χ3v) is 2.11. The first-order valence-electron chi connectivity index (χ1n) is 4.72. The monoisotopic (exact) mass is 222 g/mol. The number of nitrogens with two attached hydrogens (primary N) is 1. The summed E-state index contributed by atoms with van der Waals surface area (Å²) in [5.41, 5.74) is 5.98. The largest absolute Gasteiger partial charge is 0.406 e. The van der Waals surface area contributed by atoms with Crippen molar-refractivity contribution in [3.05, 3.63) is 36.0 Å². The van der Waals surface area contributed by atoms with Crippen LogP contribution in [0.4, 0.5) is 16.1 Å². The predicted molar refractivity (Wildman–Crippen MR) is 56.7 cm³/mol. The summed E-state index contributed by atoms with van der Waals surface area (Å²) in [4.78, 5) is 1.59. The molecule has 1 heterocycles. The first kappa shape index (κ1) is 10.6. The van der Waals surface area contributed by atoms with Gasteiger partial charge in [-0.3, -0.25) is 4.90 Å². The fourth-order valence-electron chi connectivity index (χ4n) is 1.26. The molecule has 6 heteroatoms. The number of hydrogen-bond acceptors (Lipinski definition) is 5. The molecule has 0 saturated heterocycles. The van der Waals surface area contributed by atoms with E-state index in [1.165, 1.54) is 12.1 Å². The summed E-state index contributed by atoms with van der Waals surface area (Å²) < 4.78 is 18.2. The predicted octanol–water partition coefficient (Wildman–Crippen LogP) is 1.44. The quantitative estimate of drug-likeness (QED) is 0.850. The molecule has 0 aliphatic carbocycles. The highest BCUT2D eigenvalue weighted by atomic mass is 19.1. The number of anilines is 2. The second kappa shape index (κ2) is 4.28. The second-order valence-corrected chi connectivity index (χ2v) is 3.22. The van der Waals surface area contributed by atoms with Crippen molar-refractivity contribution in [2.24, 2.45) is 5.73 Å². The van der Waals surface area contributed by atoms with E-state index >= 15 is 0 Å². The zero-order chi connectivity index (χ0) is 11.5. The van der Waals surface area contributed by atoms with Gasteiger partial charge in [0, 0.05) is 12.7 Å². The molecule has 0 bridgehead atoms. The standard InChI is InChI=1S/C10H11FN4O/c1-15(8-4-2-3-7(11)5-8)10-14-13-9(6-12)16-10/h2-5H,6,12H2,1H3.